The largest absolute Gasteiger partial charge is 0.481 e. The van der Waals surface area contributed by atoms with Gasteiger partial charge in [-0.1, -0.05) is 97.1 Å². The zero-order chi connectivity index (χ0) is 36.2. The molecule has 2 amide bonds. The maximum atomic E-state index is 12.0. The number of hydrogen-bond donors (Lipinski definition) is 4. The van der Waals surface area contributed by atoms with Gasteiger partial charge in [-0.15, -0.1) is 0 Å². The van der Waals surface area contributed by atoms with Crippen molar-refractivity contribution in [3.63, 3.8) is 0 Å². The van der Waals surface area contributed by atoms with Crippen LogP contribution in [0.3, 0.4) is 0 Å². The number of nitrogens with one attached hydrogen (secondary N) is 2. The van der Waals surface area contributed by atoms with Gasteiger partial charge in [0.1, 0.15) is 13.2 Å². The van der Waals surface area contributed by atoms with Gasteiger partial charge in [-0.05, 0) is 82.0 Å². The van der Waals surface area contributed by atoms with Crippen molar-refractivity contribution in [3.8, 4) is 22.3 Å². The molecule has 4 aliphatic rings. The SMILES string of the molecule is O=C(NCC1CC(C(=O)O)C1)OCC1c2ccccc2-c2ccccc21.O=C(NCC1CC(C(=O)O)C1)OCC1c2ccccc2-c2ccccc21. The number of fused-ring (bicyclic) bond motifs is 6. The molecule has 0 radical (unpaired) electrons. The molecule has 0 heterocycles. The van der Waals surface area contributed by atoms with Crippen molar-refractivity contribution in [3.05, 3.63) is 119 Å². The summed E-state index contributed by atoms with van der Waals surface area (Å²) in [5.41, 5.74) is 9.54. The quantitative estimate of drug-likeness (QED) is 0.135. The molecule has 0 bridgehead atoms. The molecule has 4 N–H and O–H groups in total. The summed E-state index contributed by atoms with van der Waals surface area (Å²) in [5.74, 6) is -1.45. The molecule has 0 aromatic heterocycles. The molecule has 8 rings (SSSR count). The molecular weight excluding hydrogens is 660 g/mol. The first-order chi connectivity index (χ1) is 25.3. The van der Waals surface area contributed by atoms with Crippen LogP contribution in [0.5, 0.6) is 0 Å². The summed E-state index contributed by atoms with van der Waals surface area (Å²) in [4.78, 5) is 45.7. The standard InChI is InChI=1S/2C21H21NO4/c2*23-20(24)14-9-13(10-14)11-22-21(25)26-12-19-17-7-3-1-5-15(17)16-6-2-4-8-18(16)19/h2*1-8,13-14,19H,9-12H2,(H,22,25)(H,23,24). The average Bonchev–Trinajstić information content (AvgIpc) is 3.61. The van der Waals surface area contributed by atoms with E-state index in [9.17, 15) is 19.2 Å². The van der Waals surface area contributed by atoms with Crippen molar-refractivity contribution in [2.75, 3.05) is 26.3 Å². The van der Waals surface area contributed by atoms with Crippen molar-refractivity contribution in [2.45, 2.75) is 37.5 Å². The zero-order valence-corrected chi connectivity index (χ0v) is 28.7. The van der Waals surface area contributed by atoms with Crippen LogP contribution >= 0.6 is 0 Å². The third kappa shape index (κ3) is 7.37. The Morgan fingerprint density at radius 2 is 0.788 bits per heavy atom. The molecule has 0 spiro atoms. The molecule has 52 heavy (non-hydrogen) atoms. The van der Waals surface area contributed by atoms with Gasteiger partial charge >= 0.3 is 24.1 Å². The fourth-order valence-electron chi connectivity index (χ4n) is 7.96. The number of carbonyl (C=O) groups excluding carboxylic acids is 2. The van der Waals surface area contributed by atoms with E-state index < -0.39 is 24.1 Å². The molecule has 0 atom stereocenters. The molecule has 2 saturated carbocycles. The van der Waals surface area contributed by atoms with Crippen LogP contribution < -0.4 is 10.6 Å². The van der Waals surface area contributed by atoms with Crippen molar-refractivity contribution in [1.82, 2.24) is 10.6 Å². The van der Waals surface area contributed by atoms with Gasteiger partial charge in [0.2, 0.25) is 0 Å². The first-order valence-corrected chi connectivity index (χ1v) is 17.9. The highest BCUT2D eigenvalue weighted by molar-refractivity contribution is 5.80. The second-order valence-electron chi connectivity index (χ2n) is 14.2. The van der Waals surface area contributed by atoms with Gasteiger partial charge in [0.25, 0.3) is 0 Å². The number of alkyl carbamates (subject to hydrolysis) is 2. The number of carbonyl (C=O) groups is 4. The smallest absolute Gasteiger partial charge is 0.407 e. The minimum absolute atomic E-state index is 0.0493. The van der Waals surface area contributed by atoms with E-state index in [0.717, 1.165) is 0 Å². The second-order valence-corrected chi connectivity index (χ2v) is 14.2. The van der Waals surface area contributed by atoms with E-state index in [-0.39, 0.29) is 35.5 Å². The Balaban J connectivity index is 0.000000162. The second kappa shape index (κ2) is 15.3. The van der Waals surface area contributed by atoms with Crippen LogP contribution in [0.25, 0.3) is 22.3 Å². The van der Waals surface area contributed by atoms with Crippen LogP contribution in [0.1, 0.15) is 59.8 Å². The first kappa shape index (κ1) is 34.8. The fourth-order valence-corrected chi connectivity index (χ4v) is 7.96. The summed E-state index contributed by atoms with van der Waals surface area (Å²) >= 11 is 0. The maximum Gasteiger partial charge on any atom is 0.407 e. The summed E-state index contributed by atoms with van der Waals surface area (Å²) in [6.07, 6.45) is 1.62. The predicted octanol–water partition coefficient (Wildman–Crippen LogP) is 7.27. The first-order valence-electron chi connectivity index (χ1n) is 17.9. The van der Waals surface area contributed by atoms with Gasteiger partial charge in [0.15, 0.2) is 0 Å². The summed E-state index contributed by atoms with van der Waals surface area (Å²) in [6, 6.07) is 32.9. The van der Waals surface area contributed by atoms with Crippen LogP contribution in [-0.2, 0) is 19.1 Å². The van der Waals surface area contributed by atoms with E-state index in [4.69, 9.17) is 19.7 Å². The molecule has 4 aromatic rings. The summed E-state index contributed by atoms with van der Waals surface area (Å²) < 4.78 is 10.9. The maximum absolute atomic E-state index is 12.0. The molecule has 10 heteroatoms. The molecule has 10 nitrogen and oxygen atoms in total. The molecule has 0 saturated heterocycles. The summed E-state index contributed by atoms with van der Waals surface area (Å²) in [7, 11) is 0. The van der Waals surface area contributed by atoms with Crippen molar-refractivity contribution in [1.29, 1.82) is 0 Å². The van der Waals surface area contributed by atoms with Crippen molar-refractivity contribution >= 4 is 24.1 Å². The van der Waals surface area contributed by atoms with E-state index in [2.05, 4.69) is 59.2 Å². The highest BCUT2D eigenvalue weighted by atomic mass is 16.6. The van der Waals surface area contributed by atoms with Crippen LogP contribution in [0.2, 0.25) is 0 Å². The minimum Gasteiger partial charge on any atom is -0.481 e. The highest BCUT2D eigenvalue weighted by Crippen LogP contribution is 2.45. The van der Waals surface area contributed by atoms with Gasteiger partial charge < -0.3 is 30.3 Å². The Hall–Kier alpha value is -5.64. The van der Waals surface area contributed by atoms with Crippen LogP contribution in [-0.4, -0.2) is 60.6 Å². The Morgan fingerprint density at radius 3 is 1.08 bits per heavy atom. The number of benzene rings is 4. The molecule has 0 unspecified atom stereocenters. The fraction of sp³-hybridized carbons (Fsp3) is 0.333. The Bertz CT molecular complexity index is 1730. The van der Waals surface area contributed by atoms with Crippen molar-refractivity contribution < 1.29 is 38.9 Å². The summed E-state index contributed by atoms with van der Waals surface area (Å²) in [5, 5.41) is 23.3. The third-order valence-electron chi connectivity index (χ3n) is 10.9. The number of ether oxygens (including phenoxy) is 2. The highest BCUT2D eigenvalue weighted by Gasteiger charge is 2.36. The molecular formula is C42H42N2O8. The van der Waals surface area contributed by atoms with Crippen LogP contribution in [0.15, 0.2) is 97.1 Å². The lowest BCUT2D eigenvalue weighted by atomic mass is 9.75. The number of amides is 2. The van der Waals surface area contributed by atoms with Gasteiger partial charge in [-0.2, -0.15) is 0 Å². The third-order valence-corrected chi connectivity index (χ3v) is 10.9. The Kier molecular flexibility index (Phi) is 10.2. The number of carboxylic acid groups (broad SMARTS) is 2. The molecule has 4 aromatic carbocycles. The average molecular weight is 703 g/mol. The predicted molar refractivity (Wildman–Crippen MR) is 194 cm³/mol. The van der Waals surface area contributed by atoms with E-state index in [0.29, 0.717) is 52.0 Å². The van der Waals surface area contributed by atoms with Gasteiger partial charge in [0.05, 0.1) is 11.8 Å². The minimum atomic E-state index is -0.748. The monoisotopic (exact) mass is 702 g/mol. The topological polar surface area (TPSA) is 151 Å². The lowest BCUT2D eigenvalue weighted by molar-refractivity contribution is -0.147. The Labute approximate surface area is 302 Å². The lowest BCUT2D eigenvalue weighted by Crippen LogP contribution is -2.39. The molecule has 2 fully saturated rings. The number of carboxylic acids is 2. The summed E-state index contributed by atoms with van der Waals surface area (Å²) in [6.45, 7) is 1.53. The van der Waals surface area contributed by atoms with Crippen LogP contribution in [0.4, 0.5) is 9.59 Å². The number of aliphatic carboxylic acids is 2. The van der Waals surface area contributed by atoms with Crippen molar-refractivity contribution in [2.24, 2.45) is 23.7 Å². The van der Waals surface area contributed by atoms with E-state index in [1.807, 2.05) is 48.5 Å². The van der Waals surface area contributed by atoms with E-state index in [1.165, 1.54) is 44.5 Å². The number of rotatable bonds is 10. The number of hydrogen-bond acceptors (Lipinski definition) is 6. The lowest BCUT2D eigenvalue weighted by Gasteiger charge is -2.32. The van der Waals surface area contributed by atoms with Gasteiger partial charge in [-0.25, -0.2) is 9.59 Å². The van der Waals surface area contributed by atoms with Gasteiger partial charge in [-0.3, -0.25) is 9.59 Å². The van der Waals surface area contributed by atoms with E-state index >= 15 is 0 Å². The van der Waals surface area contributed by atoms with E-state index in [1.54, 1.807) is 0 Å². The molecule has 268 valence electrons. The van der Waals surface area contributed by atoms with Crippen LogP contribution in [0, 0.1) is 23.7 Å². The molecule has 4 aliphatic carbocycles. The van der Waals surface area contributed by atoms with Gasteiger partial charge in [0, 0.05) is 24.9 Å². The Morgan fingerprint density at radius 1 is 0.500 bits per heavy atom. The zero-order valence-electron chi connectivity index (χ0n) is 28.7. The normalized spacial score (nSPS) is 20.6. The molecule has 0 aliphatic heterocycles.